The topological polar surface area (TPSA) is 35.5 Å². The zero-order chi connectivity index (χ0) is 12.9. The fraction of sp³-hybridized carbons (Fsp3) is 1.00. The van der Waals surface area contributed by atoms with Crippen LogP contribution in [0.4, 0.5) is 0 Å². The Morgan fingerprint density at radius 2 is 2.00 bits per heavy atom. The van der Waals surface area contributed by atoms with E-state index in [9.17, 15) is 5.11 Å². The van der Waals surface area contributed by atoms with E-state index in [-0.39, 0.29) is 11.6 Å². The molecule has 2 unspecified atom stereocenters. The second-order valence-corrected chi connectivity index (χ2v) is 6.62. The highest BCUT2D eigenvalue weighted by Crippen LogP contribution is 2.16. The second kappa shape index (κ2) is 6.72. The molecular formula is C14H30N2O. The van der Waals surface area contributed by atoms with Gasteiger partial charge in [0.1, 0.15) is 0 Å². The van der Waals surface area contributed by atoms with E-state index >= 15 is 0 Å². The second-order valence-electron chi connectivity index (χ2n) is 6.62. The Hall–Kier alpha value is -0.120. The van der Waals surface area contributed by atoms with Gasteiger partial charge in [-0.25, -0.2) is 0 Å². The molecule has 3 nitrogen and oxygen atoms in total. The third-order valence-corrected chi connectivity index (χ3v) is 3.45. The SMILES string of the molecule is CC1CCCN(CC(O)CNC(C)(C)C)CC1. The lowest BCUT2D eigenvalue weighted by Gasteiger charge is -2.27. The number of rotatable bonds is 4. The van der Waals surface area contributed by atoms with Crippen LogP contribution in [0.2, 0.25) is 0 Å². The van der Waals surface area contributed by atoms with Gasteiger partial charge in [0, 0.05) is 18.6 Å². The summed E-state index contributed by atoms with van der Waals surface area (Å²) in [5, 5.41) is 13.4. The summed E-state index contributed by atoms with van der Waals surface area (Å²) in [6.07, 6.45) is 3.65. The van der Waals surface area contributed by atoms with Gasteiger partial charge < -0.3 is 15.3 Å². The van der Waals surface area contributed by atoms with Gasteiger partial charge in [0.15, 0.2) is 0 Å². The van der Waals surface area contributed by atoms with Crippen LogP contribution in [0.1, 0.15) is 47.0 Å². The minimum atomic E-state index is -0.248. The number of β-amino-alcohol motifs (C(OH)–C–C–N with tert-alkyl or cyclic N) is 1. The fourth-order valence-electron chi connectivity index (χ4n) is 2.29. The minimum Gasteiger partial charge on any atom is -0.390 e. The van der Waals surface area contributed by atoms with Crippen molar-refractivity contribution in [2.45, 2.75) is 58.6 Å². The molecule has 1 aliphatic rings. The summed E-state index contributed by atoms with van der Waals surface area (Å²) in [6, 6.07) is 0. The van der Waals surface area contributed by atoms with E-state index in [4.69, 9.17) is 0 Å². The van der Waals surface area contributed by atoms with Crippen LogP contribution in [0.15, 0.2) is 0 Å². The highest BCUT2D eigenvalue weighted by atomic mass is 16.3. The van der Waals surface area contributed by atoms with Crippen LogP contribution in [-0.2, 0) is 0 Å². The number of aliphatic hydroxyl groups is 1. The van der Waals surface area contributed by atoms with E-state index in [1.807, 2.05) is 0 Å². The molecule has 0 aromatic rings. The largest absolute Gasteiger partial charge is 0.390 e. The van der Waals surface area contributed by atoms with Crippen molar-refractivity contribution in [3.05, 3.63) is 0 Å². The first-order valence-corrected chi connectivity index (χ1v) is 7.02. The Morgan fingerprint density at radius 3 is 2.65 bits per heavy atom. The quantitative estimate of drug-likeness (QED) is 0.790. The van der Waals surface area contributed by atoms with Crippen molar-refractivity contribution in [3.8, 4) is 0 Å². The van der Waals surface area contributed by atoms with Gasteiger partial charge in [-0.3, -0.25) is 0 Å². The molecule has 1 aliphatic heterocycles. The monoisotopic (exact) mass is 242 g/mol. The normalized spacial score (nSPS) is 25.6. The van der Waals surface area contributed by atoms with Crippen molar-refractivity contribution >= 4 is 0 Å². The molecule has 1 heterocycles. The average molecular weight is 242 g/mol. The Kier molecular flexibility index (Phi) is 5.90. The Labute approximate surface area is 107 Å². The number of hydrogen-bond donors (Lipinski definition) is 2. The van der Waals surface area contributed by atoms with Gasteiger partial charge in [-0.2, -0.15) is 0 Å². The van der Waals surface area contributed by atoms with Crippen molar-refractivity contribution in [1.29, 1.82) is 0 Å². The summed E-state index contributed by atoms with van der Waals surface area (Å²) in [4.78, 5) is 2.42. The molecule has 1 fully saturated rings. The van der Waals surface area contributed by atoms with Crippen LogP contribution in [0, 0.1) is 5.92 Å². The van der Waals surface area contributed by atoms with Crippen LogP contribution in [0.3, 0.4) is 0 Å². The van der Waals surface area contributed by atoms with E-state index in [2.05, 4.69) is 37.9 Å². The summed E-state index contributed by atoms with van der Waals surface area (Å²) in [6.45, 7) is 12.5. The molecule has 0 aliphatic carbocycles. The predicted molar refractivity (Wildman–Crippen MR) is 73.2 cm³/mol. The Morgan fingerprint density at radius 1 is 1.29 bits per heavy atom. The maximum atomic E-state index is 10.0. The van der Waals surface area contributed by atoms with E-state index in [1.165, 1.54) is 19.3 Å². The van der Waals surface area contributed by atoms with Gasteiger partial charge >= 0.3 is 0 Å². The summed E-state index contributed by atoms with van der Waals surface area (Å²) in [5.74, 6) is 0.852. The first-order valence-electron chi connectivity index (χ1n) is 7.02. The predicted octanol–water partition coefficient (Wildman–Crippen LogP) is 1.86. The van der Waals surface area contributed by atoms with Gasteiger partial charge in [-0.05, 0) is 59.0 Å². The van der Waals surface area contributed by atoms with Crippen molar-refractivity contribution < 1.29 is 5.11 Å². The highest BCUT2D eigenvalue weighted by molar-refractivity contribution is 4.76. The number of likely N-dealkylation sites (tertiary alicyclic amines) is 1. The van der Waals surface area contributed by atoms with Crippen molar-refractivity contribution in [2.75, 3.05) is 26.2 Å². The zero-order valence-corrected chi connectivity index (χ0v) is 12.0. The van der Waals surface area contributed by atoms with Crippen LogP contribution in [-0.4, -0.2) is 47.8 Å². The molecule has 0 saturated carbocycles. The zero-order valence-electron chi connectivity index (χ0n) is 12.0. The summed E-state index contributed by atoms with van der Waals surface area (Å²) in [5.41, 5.74) is 0.0915. The maximum Gasteiger partial charge on any atom is 0.0791 e. The van der Waals surface area contributed by atoms with E-state index in [1.54, 1.807) is 0 Å². The third-order valence-electron chi connectivity index (χ3n) is 3.45. The summed E-state index contributed by atoms with van der Waals surface area (Å²) in [7, 11) is 0. The van der Waals surface area contributed by atoms with Crippen molar-refractivity contribution in [1.82, 2.24) is 10.2 Å². The first-order chi connectivity index (χ1) is 7.87. The van der Waals surface area contributed by atoms with Crippen LogP contribution >= 0.6 is 0 Å². The Bertz CT molecular complexity index is 213. The summed E-state index contributed by atoms with van der Waals surface area (Å²) >= 11 is 0. The van der Waals surface area contributed by atoms with Gasteiger partial charge in [0.2, 0.25) is 0 Å². The number of hydrogen-bond acceptors (Lipinski definition) is 3. The number of nitrogens with zero attached hydrogens (tertiary/aromatic N) is 1. The molecule has 0 radical (unpaired) electrons. The summed E-state index contributed by atoms with van der Waals surface area (Å²) < 4.78 is 0. The van der Waals surface area contributed by atoms with E-state index in [0.717, 1.165) is 25.6 Å². The molecule has 0 aromatic carbocycles. The minimum absolute atomic E-state index is 0.0915. The molecule has 1 saturated heterocycles. The van der Waals surface area contributed by atoms with Gasteiger partial charge in [0.05, 0.1) is 6.10 Å². The third kappa shape index (κ3) is 7.02. The van der Waals surface area contributed by atoms with Crippen molar-refractivity contribution in [2.24, 2.45) is 5.92 Å². The molecule has 0 bridgehead atoms. The van der Waals surface area contributed by atoms with Crippen LogP contribution < -0.4 is 5.32 Å². The Balaban J connectivity index is 2.23. The molecule has 0 aromatic heterocycles. The number of nitrogens with one attached hydrogen (secondary N) is 1. The molecule has 0 spiro atoms. The lowest BCUT2D eigenvalue weighted by molar-refractivity contribution is 0.106. The molecule has 3 heteroatoms. The van der Waals surface area contributed by atoms with Gasteiger partial charge in [-0.15, -0.1) is 0 Å². The molecule has 102 valence electrons. The van der Waals surface area contributed by atoms with Crippen molar-refractivity contribution in [3.63, 3.8) is 0 Å². The van der Waals surface area contributed by atoms with Crippen LogP contribution in [0.5, 0.6) is 0 Å². The molecule has 0 amide bonds. The van der Waals surface area contributed by atoms with Crippen LogP contribution in [0.25, 0.3) is 0 Å². The average Bonchev–Trinajstić information content (AvgIpc) is 2.40. The standard InChI is InChI=1S/C14H30N2O/c1-12-6-5-8-16(9-7-12)11-13(17)10-15-14(2,3)4/h12-13,15,17H,5-11H2,1-4H3. The fourth-order valence-corrected chi connectivity index (χ4v) is 2.29. The van der Waals surface area contributed by atoms with Gasteiger partial charge in [-0.1, -0.05) is 6.92 Å². The molecule has 1 rings (SSSR count). The molecule has 17 heavy (non-hydrogen) atoms. The highest BCUT2D eigenvalue weighted by Gasteiger charge is 2.18. The molecular weight excluding hydrogens is 212 g/mol. The molecule has 2 N–H and O–H groups in total. The first kappa shape index (κ1) is 14.9. The van der Waals surface area contributed by atoms with Gasteiger partial charge in [0.25, 0.3) is 0 Å². The van der Waals surface area contributed by atoms with E-state index < -0.39 is 0 Å². The lowest BCUT2D eigenvalue weighted by Crippen LogP contribution is -2.45. The van der Waals surface area contributed by atoms with E-state index in [0.29, 0.717) is 6.54 Å². The number of aliphatic hydroxyl groups excluding tert-OH is 1. The molecule has 2 atom stereocenters. The lowest BCUT2D eigenvalue weighted by atomic mass is 10.0. The maximum absolute atomic E-state index is 10.0. The smallest absolute Gasteiger partial charge is 0.0791 e.